The maximum Gasteiger partial charge on any atom is 0.397 e. The van der Waals surface area contributed by atoms with Crippen molar-refractivity contribution in [2.24, 2.45) is 5.92 Å². The number of nitrogens with one attached hydrogen (secondary N) is 1. The summed E-state index contributed by atoms with van der Waals surface area (Å²) >= 11 is 1.31. The number of benzene rings is 1. The molecule has 0 saturated heterocycles. The Morgan fingerprint density at radius 1 is 1.31 bits per heavy atom. The molecule has 29 heavy (non-hydrogen) atoms. The van der Waals surface area contributed by atoms with Gasteiger partial charge in [0.2, 0.25) is 5.91 Å². The molecule has 7 nitrogen and oxygen atoms in total. The van der Waals surface area contributed by atoms with Crippen LogP contribution in [0, 0.1) is 12.8 Å². The summed E-state index contributed by atoms with van der Waals surface area (Å²) < 4.78 is 4.70. The minimum absolute atomic E-state index is 0.141. The summed E-state index contributed by atoms with van der Waals surface area (Å²) in [5.41, 5.74) is 3.81. The average molecular weight is 413 g/mol. The number of carbonyl (C=O) groups excluding carboxylic acids is 3. The molecule has 2 amide bonds. The van der Waals surface area contributed by atoms with Gasteiger partial charge in [-0.15, -0.1) is 11.3 Å². The summed E-state index contributed by atoms with van der Waals surface area (Å²) in [4.78, 5) is 43.4. The van der Waals surface area contributed by atoms with Gasteiger partial charge in [-0.2, -0.15) is 0 Å². The smallest absolute Gasteiger partial charge is 0.397 e. The van der Waals surface area contributed by atoms with E-state index in [-0.39, 0.29) is 24.5 Å². The second-order valence-corrected chi connectivity index (χ2v) is 8.68. The third kappa shape index (κ3) is 3.76. The zero-order valence-corrected chi connectivity index (χ0v) is 17.5. The molecule has 2 aliphatic rings. The van der Waals surface area contributed by atoms with Crippen molar-refractivity contribution in [2.75, 3.05) is 16.8 Å². The van der Waals surface area contributed by atoms with Crippen LogP contribution >= 0.6 is 11.3 Å². The van der Waals surface area contributed by atoms with Gasteiger partial charge in [0.05, 0.1) is 12.3 Å². The molecule has 0 bridgehead atoms. The summed E-state index contributed by atoms with van der Waals surface area (Å²) in [5.74, 6) is -1.33. The van der Waals surface area contributed by atoms with E-state index in [4.69, 9.17) is 4.74 Å². The van der Waals surface area contributed by atoms with Gasteiger partial charge in [0.1, 0.15) is 0 Å². The first-order valence-corrected chi connectivity index (χ1v) is 10.6. The van der Waals surface area contributed by atoms with Crippen molar-refractivity contribution in [3.8, 4) is 11.3 Å². The summed E-state index contributed by atoms with van der Waals surface area (Å²) in [6.07, 6.45) is 2.80. The Balaban J connectivity index is 1.56. The van der Waals surface area contributed by atoms with Gasteiger partial charge < -0.3 is 9.64 Å². The first-order valence-electron chi connectivity index (χ1n) is 9.81. The molecule has 4 rings (SSSR count). The Hall–Kier alpha value is -2.74. The maximum atomic E-state index is 12.6. The topological polar surface area (TPSA) is 88.6 Å². The lowest BCUT2D eigenvalue weighted by Gasteiger charge is -2.22. The van der Waals surface area contributed by atoms with Crippen LogP contribution in [-0.4, -0.2) is 35.4 Å². The molecular weight excluding hydrogens is 390 g/mol. The number of amides is 2. The molecule has 1 atom stereocenters. The minimum atomic E-state index is -0.922. The van der Waals surface area contributed by atoms with E-state index in [0.717, 1.165) is 46.6 Å². The molecule has 1 fully saturated rings. The monoisotopic (exact) mass is 413 g/mol. The molecule has 0 spiro atoms. The fourth-order valence-corrected chi connectivity index (χ4v) is 4.53. The molecule has 2 heterocycles. The number of anilines is 2. The summed E-state index contributed by atoms with van der Waals surface area (Å²) in [6, 6.07) is 6.18. The lowest BCUT2D eigenvalue weighted by atomic mass is 10.0. The highest BCUT2D eigenvalue weighted by molar-refractivity contribution is 7.16. The van der Waals surface area contributed by atoms with E-state index in [0.29, 0.717) is 5.13 Å². The predicted octanol–water partition coefficient (Wildman–Crippen LogP) is 3.31. The van der Waals surface area contributed by atoms with Crippen LogP contribution in [-0.2, 0) is 25.5 Å². The number of hydrogen-bond donors (Lipinski definition) is 1. The number of aryl methyl sites for hydroxylation is 1. The number of ether oxygens (including phenoxy) is 1. The fourth-order valence-electron chi connectivity index (χ4n) is 3.70. The van der Waals surface area contributed by atoms with E-state index < -0.39 is 11.9 Å². The van der Waals surface area contributed by atoms with Crippen LogP contribution < -0.4 is 10.2 Å². The first-order chi connectivity index (χ1) is 13.9. The van der Waals surface area contributed by atoms with Gasteiger partial charge in [-0.1, -0.05) is 6.07 Å². The molecule has 2 aromatic rings. The van der Waals surface area contributed by atoms with Crippen molar-refractivity contribution in [2.45, 2.75) is 46.1 Å². The van der Waals surface area contributed by atoms with Gasteiger partial charge in [0.15, 0.2) is 5.13 Å². The number of nitrogens with zero attached hydrogens (tertiary/aromatic N) is 2. The molecule has 1 N–H and O–H groups in total. The third-order valence-corrected chi connectivity index (χ3v) is 6.10. The number of aromatic nitrogens is 1. The quantitative estimate of drug-likeness (QED) is 0.614. The number of esters is 1. The Bertz CT molecular complexity index is 996. The fraction of sp³-hybridized carbons (Fsp3) is 0.429. The van der Waals surface area contributed by atoms with Crippen molar-refractivity contribution in [1.29, 1.82) is 0 Å². The Morgan fingerprint density at radius 3 is 2.76 bits per heavy atom. The van der Waals surface area contributed by atoms with E-state index >= 15 is 0 Å². The second-order valence-electron chi connectivity index (χ2n) is 7.48. The highest BCUT2D eigenvalue weighted by Gasteiger charge is 2.39. The molecular formula is C21H23N3O4S. The zero-order valence-electron chi connectivity index (χ0n) is 16.7. The van der Waals surface area contributed by atoms with Crippen molar-refractivity contribution in [3.63, 3.8) is 0 Å². The SMILES string of the molecule is CCOC(=O)C(=O)Nc1nc(-c2ccc3c(c2)CC(C)N3C(=O)C2CC2)c(C)s1. The molecule has 1 aromatic carbocycles. The summed E-state index contributed by atoms with van der Waals surface area (Å²) in [7, 11) is 0. The van der Waals surface area contributed by atoms with Crippen molar-refractivity contribution < 1.29 is 19.1 Å². The van der Waals surface area contributed by atoms with Gasteiger partial charge in [-0.05, 0) is 57.7 Å². The third-order valence-electron chi connectivity index (χ3n) is 5.21. The van der Waals surface area contributed by atoms with Gasteiger partial charge in [-0.3, -0.25) is 14.9 Å². The Labute approximate surface area is 173 Å². The van der Waals surface area contributed by atoms with Crippen LogP contribution in [0.5, 0.6) is 0 Å². The zero-order chi connectivity index (χ0) is 20.7. The maximum absolute atomic E-state index is 12.6. The van der Waals surface area contributed by atoms with Gasteiger partial charge in [0, 0.05) is 28.1 Å². The summed E-state index contributed by atoms with van der Waals surface area (Å²) in [6.45, 7) is 5.79. The van der Waals surface area contributed by atoms with Crippen LogP contribution in [0.1, 0.15) is 37.1 Å². The van der Waals surface area contributed by atoms with Crippen LogP contribution in [0.2, 0.25) is 0 Å². The van der Waals surface area contributed by atoms with Crippen LogP contribution in [0.3, 0.4) is 0 Å². The van der Waals surface area contributed by atoms with Crippen molar-refractivity contribution >= 4 is 39.9 Å². The lowest BCUT2D eigenvalue weighted by molar-refractivity contribution is -0.152. The predicted molar refractivity (Wildman–Crippen MR) is 111 cm³/mol. The highest BCUT2D eigenvalue weighted by atomic mass is 32.1. The molecule has 1 unspecified atom stereocenters. The molecule has 0 radical (unpaired) electrons. The largest absolute Gasteiger partial charge is 0.459 e. The van der Waals surface area contributed by atoms with E-state index in [9.17, 15) is 14.4 Å². The van der Waals surface area contributed by atoms with E-state index in [1.807, 2.05) is 24.0 Å². The average Bonchev–Trinajstić information content (AvgIpc) is 3.39. The number of thiazole rings is 1. The van der Waals surface area contributed by atoms with Gasteiger partial charge >= 0.3 is 11.9 Å². The highest BCUT2D eigenvalue weighted by Crippen LogP contribution is 2.41. The van der Waals surface area contributed by atoms with Crippen LogP contribution in [0.15, 0.2) is 18.2 Å². The normalized spacial score (nSPS) is 17.8. The molecule has 8 heteroatoms. The second kappa shape index (κ2) is 7.59. The lowest BCUT2D eigenvalue weighted by Crippen LogP contribution is -2.36. The van der Waals surface area contributed by atoms with E-state index in [2.05, 4.69) is 23.3 Å². The first kappa shape index (κ1) is 19.6. The van der Waals surface area contributed by atoms with Crippen molar-refractivity contribution in [3.05, 3.63) is 28.6 Å². The number of hydrogen-bond acceptors (Lipinski definition) is 6. The van der Waals surface area contributed by atoms with E-state index in [1.54, 1.807) is 6.92 Å². The Kier molecular flexibility index (Phi) is 5.12. The van der Waals surface area contributed by atoms with Gasteiger partial charge in [0.25, 0.3) is 0 Å². The van der Waals surface area contributed by atoms with Crippen molar-refractivity contribution in [1.82, 2.24) is 4.98 Å². The molecule has 1 aromatic heterocycles. The molecule has 1 aliphatic carbocycles. The standard InChI is InChI=1S/C21H23N3O4S/c1-4-28-20(27)18(25)23-21-22-17(12(3)29-21)14-7-8-16-15(10-14)9-11(2)24(16)19(26)13-5-6-13/h7-8,10-11,13H,4-6,9H2,1-3H3,(H,22,23,25). The number of carbonyl (C=O) groups is 3. The Morgan fingerprint density at radius 2 is 2.07 bits per heavy atom. The molecule has 152 valence electrons. The van der Waals surface area contributed by atoms with Crippen LogP contribution in [0.4, 0.5) is 10.8 Å². The van der Waals surface area contributed by atoms with Crippen LogP contribution in [0.25, 0.3) is 11.3 Å². The van der Waals surface area contributed by atoms with Gasteiger partial charge in [-0.25, -0.2) is 9.78 Å². The molecule has 1 aliphatic heterocycles. The number of fused-ring (bicyclic) bond motifs is 1. The summed E-state index contributed by atoms with van der Waals surface area (Å²) in [5, 5.41) is 2.86. The number of rotatable bonds is 4. The van der Waals surface area contributed by atoms with E-state index in [1.165, 1.54) is 11.3 Å². The minimum Gasteiger partial charge on any atom is -0.459 e. The molecule has 1 saturated carbocycles.